The minimum atomic E-state index is -0.0492. The summed E-state index contributed by atoms with van der Waals surface area (Å²) in [5, 5.41) is 11.4. The minimum absolute atomic E-state index is 0.0492. The predicted octanol–water partition coefficient (Wildman–Crippen LogP) is 2.85. The molecule has 1 unspecified atom stereocenters. The van der Waals surface area contributed by atoms with Crippen LogP contribution >= 0.6 is 0 Å². The van der Waals surface area contributed by atoms with E-state index in [4.69, 9.17) is 0 Å². The molecule has 0 aliphatic carbocycles. The molecule has 1 aromatic heterocycles. The van der Waals surface area contributed by atoms with Crippen molar-refractivity contribution in [3.8, 4) is 0 Å². The van der Waals surface area contributed by atoms with Gasteiger partial charge in [0.2, 0.25) is 5.95 Å². The van der Waals surface area contributed by atoms with Gasteiger partial charge in [-0.05, 0) is 46.5 Å². The van der Waals surface area contributed by atoms with Gasteiger partial charge in [-0.15, -0.1) is 5.10 Å². The molecule has 0 spiro atoms. The Labute approximate surface area is 115 Å². The van der Waals surface area contributed by atoms with Crippen molar-refractivity contribution in [3.63, 3.8) is 0 Å². The van der Waals surface area contributed by atoms with Gasteiger partial charge >= 0.3 is 0 Å². The molecule has 2 heterocycles. The summed E-state index contributed by atoms with van der Waals surface area (Å²) >= 11 is 0. The second-order valence-corrected chi connectivity index (χ2v) is 6.26. The number of hydrogen-bond donors (Lipinski definition) is 1. The van der Waals surface area contributed by atoms with Gasteiger partial charge in [-0.25, -0.2) is 0 Å². The second kappa shape index (κ2) is 5.72. The minimum Gasteiger partial charge on any atom is -0.352 e. The van der Waals surface area contributed by atoms with E-state index in [1.54, 1.807) is 6.20 Å². The molecule has 1 saturated heterocycles. The van der Waals surface area contributed by atoms with Crippen LogP contribution in [-0.4, -0.2) is 33.3 Å². The maximum atomic E-state index is 4.62. The number of aromatic nitrogens is 3. The van der Waals surface area contributed by atoms with Crippen molar-refractivity contribution in [1.29, 1.82) is 0 Å². The van der Waals surface area contributed by atoms with E-state index >= 15 is 0 Å². The molecule has 1 aliphatic heterocycles. The van der Waals surface area contributed by atoms with Crippen molar-refractivity contribution in [1.82, 2.24) is 15.2 Å². The van der Waals surface area contributed by atoms with Gasteiger partial charge < -0.3 is 10.2 Å². The fraction of sp³-hybridized carbons (Fsp3) is 0.786. The van der Waals surface area contributed by atoms with Gasteiger partial charge in [0, 0.05) is 18.1 Å². The molecule has 1 aliphatic rings. The molecule has 0 aromatic carbocycles. The van der Waals surface area contributed by atoms with E-state index in [2.05, 4.69) is 53.1 Å². The van der Waals surface area contributed by atoms with E-state index in [1.165, 1.54) is 19.3 Å². The van der Waals surface area contributed by atoms with Crippen molar-refractivity contribution in [2.45, 2.75) is 65.0 Å². The summed E-state index contributed by atoms with van der Waals surface area (Å²) in [6.45, 7) is 9.61. The highest BCUT2D eigenvalue weighted by Crippen LogP contribution is 2.25. The summed E-state index contributed by atoms with van der Waals surface area (Å²) in [4.78, 5) is 7.00. The average molecular weight is 263 g/mol. The number of piperidine rings is 1. The number of hydrogen-bond acceptors (Lipinski definition) is 5. The van der Waals surface area contributed by atoms with Gasteiger partial charge in [0.15, 0.2) is 5.82 Å². The summed E-state index contributed by atoms with van der Waals surface area (Å²) < 4.78 is 0. The Bertz CT molecular complexity index is 413. The topological polar surface area (TPSA) is 53.9 Å². The van der Waals surface area contributed by atoms with E-state index in [9.17, 15) is 0 Å². The number of rotatable bonds is 3. The zero-order valence-corrected chi connectivity index (χ0v) is 12.5. The van der Waals surface area contributed by atoms with Crippen LogP contribution in [0.3, 0.4) is 0 Å². The SMILES string of the molecule is CCC1CCCCN1c1cnnc(NC(C)(C)C)n1. The molecule has 1 atom stereocenters. The van der Waals surface area contributed by atoms with Crippen LogP contribution in [0.25, 0.3) is 0 Å². The average Bonchev–Trinajstić information content (AvgIpc) is 2.37. The first-order valence-corrected chi connectivity index (χ1v) is 7.24. The second-order valence-electron chi connectivity index (χ2n) is 6.26. The van der Waals surface area contributed by atoms with Gasteiger partial charge in [-0.3, -0.25) is 0 Å². The van der Waals surface area contributed by atoms with Crippen LogP contribution in [0.1, 0.15) is 53.4 Å². The summed E-state index contributed by atoms with van der Waals surface area (Å²) in [7, 11) is 0. The highest BCUT2D eigenvalue weighted by atomic mass is 15.3. The zero-order chi connectivity index (χ0) is 13.9. The van der Waals surface area contributed by atoms with Crippen LogP contribution in [0.4, 0.5) is 11.8 Å². The summed E-state index contributed by atoms with van der Waals surface area (Å²) in [5.74, 6) is 1.57. The van der Waals surface area contributed by atoms with Crippen molar-refractivity contribution in [2.75, 3.05) is 16.8 Å². The molecule has 0 radical (unpaired) electrons. The molecule has 1 aromatic rings. The first-order valence-electron chi connectivity index (χ1n) is 7.24. The summed E-state index contributed by atoms with van der Waals surface area (Å²) in [6, 6.07) is 0.591. The summed E-state index contributed by atoms with van der Waals surface area (Å²) in [5.41, 5.74) is -0.0492. The largest absolute Gasteiger partial charge is 0.352 e. The Morgan fingerprint density at radius 3 is 2.84 bits per heavy atom. The molecular weight excluding hydrogens is 238 g/mol. The molecule has 0 amide bonds. The van der Waals surface area contributed by atoms with Crippen LogP contribution < -0.4 is 10.2 Å². The smallest absolute Gasteiger partial charge is 0.245 e. The lowest BCUT2D eigenvalue weighted by Crippen LogP contribution is -2.40. The summed E-state index contributed by atoms with van der Waals surface area (Å²) in [6.07, 6.45) is 6.75. The number of nitrogens with one attached hydrogen (secondary N) is 1. The molecular formula is C14H25N5. The van der Waals surface area contributed by atoms with E-state index in [1.807, 2.05) is 0 Å². The molecule has 2 rings (SSSR count). The lowest BCUT2D eigenvalue weighted by atomic mass is 10.0. The molecule has 0 saturated carbocycles. The Hall–Kier alpha value is -1.39. The maximum Gasteiger partial charge on any atom is 0.245 e. The highest BCUT2D eigenvalue weighted by molar-refractivity contribution is 5.42. The van der Waals surface area contributed by atoms with Crippen LogP contribution in [0, 0.1) is 0 Å². The monoisotopic (exact) mass is 263 g/mol. The van der Waals surface area contributed by atoms with Gasteiger partial charge in [0.25, 0.3) is 0 Å². The third-order valence-electron chi connectivity index (χ3n) is 3.43. The first-order chi connectivity index (χ1) is 8.99. The lowest BCUT2D eigenvalue weighted by Gasteiger charge is -2.36. The van der Waals surface area contributed by atoms with E-state index in [0.29, 0.717) is 12.0 Å². The molecule has 0 bridgehead atoms. The third kappa shape index (κ3) is 3.78. The third-order valence-corrected chi connectivity index (χ3v) is 3.43. The Morgan fingerprint density at radius 1 is 1.37 bits per heavy atom. The van der Waals surface area contributed by atoms with Gasteiger partial charge in [-0.2, -0.15) is 10.1 Å². The predicted molar refractivity (Wildman–Crippen MR) is 78.5 cm³/mol. The lowest BCUT2D eigenvalue weighted by molar-refractivity contribution is 0.446. The fourth-order valence-electron chi connectivity index (χ4n) is 2.55. The van der Waals surface area contributed by atoms with Crippen LogP contribution in [-0.2, 0) is 0 Å². The van der Waals surface area contributed by atoms with E-state index in [0.717, 1.165) is 18.8 Å². The first kappa shape index (κ1) is 14.0. The number of anilines is 2. The van der Waals surface area contributed by atoms with Gasteiger partial charge in [0.1, 0.15) is 0 Å². The standard InChI is InChI=1S/C14H25N5/c1-5-11-8-6-7-9-19(11)12-10-15-18-13(16-12)17-14(2,3)4/h10-11H,5-9H2,1-4H3,(H,16,17,18). The van der Waals surface area contributed by atoms with Crippen molar-refractivity contribution < 1.29 is 0 Å². The van der Waals surface area contributed by atoms with Gasteiger partial charge in [0.05, 0.1) is 6.20 Å². The van der Waals surface area contributed by atoms with Crippen LogP contribution in [0.15, 0.2) is 6.20 Å². The highest BCUT2D eigenvalue weighted by Gasteiger charge is 2.23. The number of nitrogens with zero attached hydrogens (tertiary/aromatic N) is 4. The fourth-order valence-corrected chi connectivity index (χ4v) is 2.55. The molecule has 5 nitrogen and oxygen atoms in total. The van der Waals surface area contributed by atoms with Crippen LogP contribution in [0.2, 0.25) is 0 Å². The molecule has 106 valence electrons. The zero-order valence-electron chi connectivity index (χ0n) is 12.5. The quantitative estimate of drug-likeness (QED) is 0.908. The van der Waals surface area contributed by atoms with Crippen molar-refractivity contribution >= 4 is 11.8 Å². The maximum absolute atomic E-state index is 4.62. The normalized spacial score (nSPS) is 20.4. The van der Waals surface area contributed by atoms with E-state index in [-0.39, 0.29) is 5.54 Å². The molecule has 1 N–H and O–H groups in total. The Morgan fingerprint density at radius 2 is 2.16 bits per heavy atom. The molecule has 19 heavy (non-hydrogen) atoms. The molecule has 5 heteroatoms. The Balaban J connectivity index is 2.17. The van der Waals surface area contributed by atoms with Crippen molar-refractivity contribution in [3.05, 3.63) is 6.20 Å². The Kier molecular flexibility index (Phi) is 4.22. The van der Waals surface area contributed by atoms with Gasteiger partial charge in [-0.1, -0.05) is 6.92 Å². The molecule has 1 fully saturated rings. The van der Waals surface area contributed by atoms with Crippen molar-refractivity contribution in [2.24, 2.45) is 0 Å². The van der Waals surface area contributed by atoms with E-state index < -0.39 is 0 Å². The van der Waals surface area contributed by atoms with Crippen LogP contribution in [0.5, 0.6) is 0 Å².